The predicted molar refractivity (Wildman–Crippen MR) is 75.5 cm³/mol. The summed E-state index contributed by atoms with van der Waals surface area (Å²) >= 11 is 0. The lowest BCUT2D eigenvalue weighted by Crippen LogP contribution is -2.30. The van der Waals surface area contributed by atoms with Crippen molar-refractivity contribution in [3.63, 3.8) is 0 Å². The molecule has 9 heteroatoms. The lowest BCUT2D eigenvalue weighted by molar-refractivity contribution is -0.696. The minimum Gasteiger partial charge on any atom is -0.458 e. The second-order valence-corrected chi connectivity index (χ2v) is 4.65. The molecule has 22 heavy (non-hydrogen) atoms. The number of carbonyl (C=O) groups is 1. The first kappa shape index (κ1) is 20.2. The Labute approximate surface area is 127 Å². The highest BCUT2D eigenvalue weighted by atomic mass is 19.5. The summed E-state index contributed by atoms with van der Waals surface area (Å²) in [5.74, 6) is -0.323. The number of unbranched alkanes of at least 4 members (excludes halogenated alkanes) is 1. The zero-order valence-electron chi connectivity index (χ0n) is 12.8. The molecule has 1 aromatic rings. The van der Waals surface area contributed by atoms with Crippen molar-refractivity contribution in [3.8, 4) is 0 Å². The number of ether oxygens (including phenoxy) is 1. The van der Waals surface area contributed by atoms with Gasteiger partial charge < -0.3 is 22.0 Å². The zero-order chi connectivity index (χ0) is 17.2. The summed E-state index contributed by atoms with van der Waals surface area (Å²) in [6, 6.07) is 0. The summed E-state index contributed by atoms with van der Waals surface area (Å²) in [5, 5.41) is 0. The van der Waals surface area contributed by atoms with Crippen molar-refractivity contribution in [2.75, 3.05) is 6.61 Å². The van der Waals surface area contributed by atoms with E-state index in [9.17, 15) is 22.1 Å². The Hall–Kier alpha value is -1.80. The summed E-state index contributed by atoms with van der Waals surface area (Å²) in [4.78, 5) is 11.1. The lowest BCUT2D eigenvalue weighted by Gasteiger charge is -2.01. The predicted octanol–water partition coefficient (Wildman–Crippen LogP) is 3.00. The molecule has 0 radical (unpaired) electrons. The number of nitrogens with zero attached hydrogens (tertiary/aromatic N) is 2. The van der Waals surface area contributed by atoms with Crippen molar-refractivity contribution in [1.82, 2.24) is 4.57 Å². The molecule has 1 heterocycles. The molecule has 0 aromatic carbocycles. The molecule has 0 aliphatic heterocycles. The molecule has 0 unspecified atom stereocenters. The molecule has 0 bridgehead atoms. The van der Waals surface area contributed by atoms with Gasteiger partial charge in [-0.1, -0.05) is 19.9 Å². The second-order valence-electron chi connectivity index (χ2n) is 4.65. The van der Waals surface area contributed by atoms with Gasteiger partial charge in [0.2, 0.25) is 6.33 Å². The monoisotopic (exact) mass is 324 g/mol. The SMILES string of the molecule is C=C(C)C(=O)OCCn1cc[n+](CCCC)c1.F[B-](F)(F)F. The summed E-state index contributed by atoms with van der Waals surface area (Å²) in [6.07, 6.45) is 8.43. The van der Waals surface area contributed by atoms with Gasteiger partial charge in [0.05, 0.1) is 6.54 Å². The quantitative estimate of drug-likeness (QED) is 0.254. The van der Waals surface area contributed by atoms with E-state index in [0.717, 1.165) is 6.54 Å². The van der Waals surface area contributed by atoms with E-state index in [1.54, 1.807) is 6.92 Å². The van der Waals surface area contributed by atoms with Crippen LogP contribution >= 0.6 is 0 Å². The topological polar surface area (TPSA) is 35.1 Å². The number of hydrogen-bond acceptors (Lipinski definition) is 2. The molecule has 0 atom stereocenters. The van der Waals surface area contributed by atoms with Gasteiger partial charge >= 0.3 is 13.2 Å². The van der Waals surface area contributed by atoms with Crippen LogP contribution < -0.4 is 4.57 Å². The first-order valence-electron chi connectivity index (χ1n) is 6.88. The number of aryl methyl sites for hydroxylation is 1. The highest BCUT2D eigenvalue weighted by Gasteiger charge is 2.20. The fourth-order valence-electron chi connectivity index (χ4n) is 1.41. The molecule has 126 valence electrons. The number of rotatable bonds is 7. The molecule has 0 N–H and O–H groups in total. The van der Waals surface area contributed by atoms with Crippen LogP contribution in [0.3, 0.4) is 0 Å². The third-order valence-electron chi connectivity index (χ3n) is 2.45. The third kappa shape index (κ3) is 12.0. The van der Waals surface area contributed by atoms with Crippen molar-refractivity contribution in [2.45, 2.75) is 39.8 Å². The van der Waals surface area contributed by atoms with Crippen LogP contribution in [0.15, 0.2) is 30.9 Å². The Morgan fingerprint density at radius 3 is 2.45 bits per heavy atom. The minimum absolute atomic E-state index is 0.323. The third-order valence-corrected chi connectivity index (χ3v) is 2.45. The van der Waals surface area contributed by atoms with Gasteiger partial charge in [-0.3, -0.25) is 0 Å². The Balaban J connectivity index is 0.000000763. The fraction of sp³-hybridized carbons (Fsp3) is 0.538. The van der Waals surface area contributed by atoms with E-state index in [2.05, 4.69) is 18.1 Å². The van der Waals surface area contributed by atoms with Gasteiger partial charge in [0.15, 0.2) is 0 Å². The van der Waals surface area contributed by atoms with Crippen LogP contribution in [0, 0.1) is 0 Å². The number of esters is 1. The first-order chi connectivity index (χ1) is 10.1. The van der Waals surface area contributed by atoms with Crippen LogP contribution in [-0.4, -0.2) is 24.4 Å². The molecule has 0 saturated heterocycles. The van der Waals surface area contributed by atoms with Crippen molar-refractivity contribution in [1.29, 1.82) is 0 Å². The normalized spacial score (nSPS) is 10.6. The smallest absolute Gasteiger partial charge is 0.458 e. The summed E-state index contributed by atoms with van der Waals surface area (Å²) in [6.45, 7) is 9.46. The first-order valence-corrected chi connectivity index (χ1v) is 6.88. The molecule has 0 saturated carbocycles. The van der Waals surface area contributed by atoms with E-state index in [1.165, 1.54) is 12.8 Å². The van der Waals surface area contributed by atoms with E-state index < -0.39 is 7.25 Å². The average Bonchev–Trinajstić information content (AvgIpc) is 2.82. The standard InChI is InChI=1S/C13H21N2O2.BF4/c1-4-5-6-14-7-8-15(11-14)9-10-17-13(16)12(2)3;2-1(3,4)5/h7-8,11H,2,4-6,9-10H2,1,3H3;/q+1;-1. The zero-order valence-corrected chi connectivity index (χ0v) is 12.8. The Morgan fingerprint density at radius 2 is 1.95 bits per heavy atom. The molecule has 0 fully saturated rings. The van der Waals surface area contributed by atoms with Crippen LogP contribution in [-0.2, 0) is 22.6 Å². The molecule has 1 rings (SSSR count). The van der Waals surface area contributed by atoms with E-state index >= 15 is 0 Å². The second kappa shape index (κ2) is 10.0. The molecular formula is C13H21BF4N2O2. The van der Waals surface area contributed by atoms with Gasteiger partial charge in [-0.25, -0.2) is 13.9 Å². The van der Waals surface area contributed by atoms with Crippen molar-refractivity contribution in [3.05, 3.63) is 30.9 Å². The Bertz CT molecular complexity index is 469. The fourth-order valence-corrected chi connectivity index (χ4v) is 1.41. The molecular weight excluding hydrogens is 303 g/mol. The van der Waals surface area contributed by atoms with Crippen LogP contribution in [0.4, 0.5) is 17.3 Å². The van der Waals surface area contributed by atoms with E-state index in [0.29, 0.717) is 18.7 Å². The Kier molecular flexibility index (Phi) is 9.20. The van der Waals surface area contributed by atoms with Crippen molar-refractivity contribution >= 4 is 13.2 Å². The number of hydrogen-bond donors (Lipinski definition) is 0. The maximum Gasteiger partial charge on any atom is 0.673 e. The van der Waals surface area contributed by atoms with Crippen molar-refractivity contribution < 1.29 is 31.4 Å². The molecule has 0 amide bonds. The molecule has 0 spiro atoms. The van der Waals surface area contributed by atoms with Gasteiger partial charge in [0.25, 0.3) is 0 Å². The van der Waals surface area contributed by atoms with E-state index in [1.807, 2.05) is 23.3 Å². The lowest BCUT2D eigenvalue weighted by atomic mass is 10.3. The number of imidazole rings is 1. The highest BCUT2D eigenvalue weighted by Crippen LogP contribution is 2.06. The largest absolute Gasteiger partial charge is 0.673 e. The van der Waals surface area contributed by atoms with Crippen molar-refractivity contribution in [2.24, 2.45) is 0 Å². The van der Waals surface area contributed by atoms with Gasteiger partial charge in [-0.2, -0.15) is 0 Å². The van der Waals surface area contributed by atoms with Gasteiger partial charge in [-0.05, 0) is 13.3 Å². The number of halogens is 4. The van der Waals surface area contributed by atoms with Crippen LogP contribution in [0.1, 0.15) is 26.7 Å². The molecule has 0 aliphatic rings. The van der Waals surface area contributed by atoms with Gasteiger partial charge in [0.1, 0.15) is 25.5 Å². The Morgan fingerprint density at radius 1 is 1.36 bits per heavy atom. The maximum atomic E-state index is 11.1. The van der Waals surface area contributed by atoms with E-state index in [4.69, 9.17) is 4.74 Å². The number of carbonyl (C=O) groups excluding carboxylic acids is 1. The summed E-state index contributed by atoms with van der Waals surface area (Å²) < 4.78 is 48.2. The minimum atomic E-state index is -6.00. The van der Waals surface area contributed by atoms with Gasteiger partial charge in [-0.15, -0.1) is 0 Å². The summed E-state index contributed by atoms with van der Waals surface area (Å²) in [5.41, 5.74) is 0.440. The molecule has 4 nitrogen and oxygen atoms in total. The molecule has 0 aliphatic carbocycles. The van der Waals surface area contributed by atoms with E-state index in [-0.39, 0.29) is 5.97 Å². The summed E-state index contributed by atoms with van der Waals surface area (Å²) in [7, 11) is -6.00. The highest BCUT2D eigenvalue weighted by molar-refractivity contribution is 6.50. The van der Waals surface area contributed by atoms with Crippen LogP contribution in [0.5, 0.6) is 0 Å². The van der Waals surface area contributed by atoms with Crippen LogP contribution in [0.2, 0.25) is 0 Å². The maximum absolute atomic E-state index is 11.1. The number of aromatic nitrogens is 2. The van der Waals surface area contributed by atoms with Gasteiger partial charge in [0, 0.05) is 5.57 Å². The molecule has 1 aromatic heterocycles. The van der Waals surface area contributed by atoms with Crippen LogP contribution in [0.25, 0.3) is 0 Å². The average molecular weight is 324 g/mol.